The third-order valence-corrected chi connectivity index (χ3v) is 3.93. The molecule has 0 heterocycles. The Hall–Kier alpha value is -0.680. The number of halogens is 1. The van der Waals surface area contributed by atoms with Crippen molar-refractivity contribution < 1.29 is 4.79 Å². The third kappa shape index (κ3) is 5.00. The van der Waals surface area contributed by atoms with Gasteiger partial charge in [-0.25, -0.2) is 0 Å². The van der Waals surface area contributed by atoms with Gasteiger partial charge in [-0.2, -0.15) is 0 Å². The fraction of sp³-hybridized carbons (Fsp3) is 0.417. The summed E-state index contributed by atoms with van der Waals surface area (Å²) in [6.07, 6.45) is 0.941. The summed E-state index contributed by atoms with van der Waals surface area (Å²) in [6, 6.07) is 5.91. The smallest absolute Gasteiger partial charge is 0.230 e. The highest BCUT2D eigenvalue weighted by Gasteiger charge is 2.07. The molecule has 0 aliphatic heterocycles. The molecule has 0 saturated heterocycles. The molecule has 1 atom stereocenters. The maximum Gasteiger partial charge on any atom is 0.230 e. The Morgan fingerprint density at radius 1 is 1.59 bits per heavy atom. The first kappa shape index (κ1) is 14.4. The van der Waals surface area contributed by atoms with Crippen molar-refractivity contribution >= 4 is 39.3 Å². The Morgan fingerprint density at radius 2 is 2.29 bits per heavy atom. The van der Waals surface area contributed by atoms with Gasteiger partial charge in [0.25, 0.3) is 0 Å². The van der Waals surface area contributed by atoms with Gasteiger partial charge in [-0.15, -0.1) is 11.8 Å². The van der Waals surface area contributed by atoms with Crippen LogP contribution in [0.3, 0.4) is 0 Å². The quantitative estimate of drug-likeness (QED) is 0.648. The molecule has 1 aromatic rings. The molecule has 3 N–H and O–H groups in total. The van der Waals surface area contributed by atoms with E-state index >= 15 is 0 Å². The van der Waals surface area contributed by atoms with Crippen LogP contribution in [-0.2, 0) is 4.79 Å². The first-order valence-electron chi connectivity index (χ1n) is 5.50. The first-order chi connectivity index (χ1) is 8.02. The van der Waals surface area contributed by atoms with E-state index in [-0.39, 0.29) is 11.9 Å². The number of benzene rings is 1. The van der Waals surface area contributed by atoms with E-state index in [9.17, 15) is 4.79 Å². The average Bonchev–Trinajstić information content (AvgIpc) is 2.27. The van der Waals surface area contributed by atoms with Gasteiger partial charge in [0, 0.05) is 21.1 Å². The highest BCUT2D eigenvalue weighted by atomic mass is 79.9. The Balaban J connectivity index is 2.47. The van der Waals surface area contributed by atoms with Crippen molar-refractivity contribution in [2.24, 2.45) is 0 Å². The van der Waals surface area contributed by atoms with Crippen LogP contribution in [-0.4, -0.2) is 17.7 Å². The van der Waals surface area contributed by atoms with E-state index < -0.39 is 0 Å². The van der Waals surface area contributed by atoms with E-state index in [0.29, 0.717) is 11.4 Å². The number of rotatable bonds is 5. The van der Waals surface area contributed by atoms with Gasteiger partial charge in [-0.05, 0) is 31.5 Å². The van der Waals surface area contributed by atoms with Crippen molar-refractivity contribution in [3.63, 3.8) is 0 Å². The Kier molecular flexibility index (Phi) is 5.85. The molecule has 0 spiro atoms. The molecule has 0 aliphatic rings. The van der Waals surface area contributed by atoms with Crippen molar-refractivity contribution in [1.29, 1.82) is 0 Å². The number of nitrogens with one attached hydrogen (secondary N) is 1. The van der Waals surface area contributed by atoms with E-state index in [1.165, 1.54) is 11.8 Å². The molecule has 17 heavy (non-hydrogen) atoms. The minimum Gasteiger partial charge on any atom is -0.398 e. The van der Waals surface area contributed by atoms with E-state index in [1.54, 1.807) is 0 Å². The molecule has 1 unspecified atom stereocenters. The standard InChI is InChI=1S/C12H17BrN2OS/c1-3-8(2)15-12(16)7-17-11-5-4-9(13)6-10(11)14/h4-6,8H,3,7,14H2,1-2H3,(H,15,16). The van der Waals surface area contributed by atoms with Gasteiger partial charge in [0.1, 0.15) is 0 Å². The molecule has 0 aromatic heterocycles. The Labute approximate surface area is 115 Å². The van der Waals surface area contributed by atoms with Crippen molar-refractivity contribution in [1.82, 2.24) is 5.32 Å². The zero-order valence-corrected chi connectivity index (χ0v) is 12.4. The number of carbonyl (C=O) groups is 1. The Bertz CT molecular complexity index is 398. The van der Waals surface area contributed by atoms with Crippen LogP contribution in [0.2, 0.25) is 0 Å². The molecular formula is C12H17BrN2OS. The number of hydrogen-bond donors (Lipinski definition) is 2. The summed E-state index contributed by atoms with van der Waals surface area (Å²) in [6.45, 7) is 4.04. The molecule has 0 fully saturated rings. The molecule has 1 rings (SSSR count). The van der Waals surface area contributed by atoms with Crippen molar-refractivity contribution in [3.8, 4) is 0 Å². The van der Waals surface area contributed by atoms with Gasteiger partial charge in [0.05, 0.1) is 5.75 Å². The fourth-order valence-corrected chi connectivity index (χ4v) is 2.35. The summed E-state index contributed by atoms with van der Waals surface area (Å²) in [4.78, 5) is 12.5. The van der Waals surface area contributed by atoms with Gasteiger partial charge in [-0.3, -0.25) is 4.79 Å². The van der Waals surface area contributed by atoms with Crippen molar-refractivity contribution in [2.45, 2.75) is 31.2 Å². The highest BCUT2D eigenvalue weighted by Crippen LogP contribution is 2.27. The summed E-state index contributed by atoms with van der Waals surface area (Å²) in [5, 5.41) is 2.92. The van der Waals surface area contributed by atoms with E-state index in [2.05, 4.69) is 21.2 Å². The molecule has 5 heteroatoms. The van der Waals surface area contributed by atoms with Gasteiger partial charge in [0.15, 0.2) is 0 Å². The predicted octanol–water partition coefficient (Wildman–Crippen LogP) is 3.04. The predicted molar refractivity (Wildman–Crippen MR) is 77.2 cm³/mol. The summed E-state index contributed by atoms with van der Waals surface area (Å²) in [5.74, 6) is 0.447. The lowest BCUT2D eigenvalue weighted by molar-refractivity contribution is -0.119. The number of hydrogen-bond acceptors (Lipinski definition) is 3. The van der Waals surface area contributed by atoms with Crippen LogP contribution in [0.5, 0.6) is 0 Å². The molecule has 3 nitrogen and oxygen atoms in total. The molecule has 0 radical (unpaired) electrons. The normalized spacial score (nSPS) is 12.2. The maximum atomic E-state index is 11.6. The fourth-order valence-electron chi connectivity index (χ4n) is 1.21. The highest BCUT2D eigenvalue weighted by molar-refractivity contribution is 9.10. The molecule has 1 amide bonds. The number of carbonyl (C=O) groups excluding carboxylic acids is 1. The van der Waals surface area contributed by atoms with Crippen molar-refractivity contribution in [2.75, 3.05) is 11.5 Å². The lowest BCUT2D eigenvalue weighted by Crippen LogP contribution is -2.33. The zero-order valence-electron chi connectivity index (χ0n) is 10.00. The molecule has 94 valence electrons. The second-order valence-corrected chi connectivity index (χ2v) is 5.78. The van der Waals surface area contributed by atoms with Gasteiger partial charge in [-0.1, -0.05) is 22.9 Å². The molecule has 1 aromatic carbocycles. The van der Waals surface area contributed by atoms with E-state index in [0.717, 1.165) is 15.8 Å². The minimum atomic E-state index is 0.0478. The van der Waals surface area contributed by atoms with Crippen LogP contribution in [0, 0.1) is 0 Å². The van der Waals surface area contributed by atoms with Crippen molar-refractivity contribution in [3.05, 3.63) is 22.7 Å². The van der Waals surface area contributed by atoms with Crippen LogP contribution < -0.4 is 11.1 Å². The van der Waals surface area contributed by atoms with Gasteiger partial charge >= 0.3 is 0 Å². The van der Waals surface area contributed by atoms with E-state index in [4.69, 9.17) is 5.73 Å². The number of nitrogen functional groups attached to an aromatic ring is 1. The van der Waals surface area contributed by atoms with Crippen LogP contribution in [0.15, 0.2) is 27.6 Å². The minimum absolute atomic E-state index is 0.0478. The molecule has 0 bridgehead atoms. The number of anilines is 1. The summed E-state index contributed by atoms with van der Waals surface area (Å²) in [7, 11) is 0. The Morgan fingerprint density at radius 3 is 2.88 bits per heavy atom. The van der Waals surface area contributed by atoms with Gasteiger partial charge in [0.2, 0.25) is 5.91 Å². The largest absolute Gasteiger partial charge is 0.398 e. The van der Waals surface area contributed by atoms with E-state index in [1.807, 2.05) is 32.0 Å². The second-order valence-electron chi connectivity index (χ2n) is 3.85. The molecule has 0 aliphatic carbocycles. The second kappa shape index (κ2) is 6.91. The summed E-state index contributed by atoms with van der Waals surface area (Å²) < 4.78 is 0.948. The number of amides is 1. The lowest BCUT2D eigenvalue weighted by atomic mass is 10.3. The van der Waals surface area contributed by atoms with Crippen LogP contribution in [0.25, 0.3) is 0 Å². The van der Waals surface area contributed by atoms with Crippen LogP contribution >= 0.6 is 27.7 Å². The lowest BCUT2D eigenvalue weighted by Gasteiger charge is -2.11. The average molecular weight is 317 g/mol. The maximum absolute atomic E-state index is 11.6. The summed E-state index contributed by atoms with van der Waals surface area (Å²) >= 11 is 4.81. The van der Waals surface area contributed by atoms with Gasteiger partial charge < -0.3 is 11.1 Å². The molecule has 0 saturated carbocycles. The first-order valence-corrected chi connectivity index (χ1v) is 7.28. The SMILES string of the molecule is CCC(C)NC(=O)CSc1ccc(Br)cc1N. The van der Waals surface area contributed by atoms with Crippen LogP contribution in [0.4, 0.5) is 5.69 Å². The zero-order chi connectivity index (χ0) is 12.8. The number of nitrogens with two attached hydrogens (primary N) is 1. The number of thioether (sulfide) groups is 1. The third-order valence-electron chi connectivity index (χ3n) is 2.35. The van der Waals surface area contributed by atoms with Crippen LogP contribution in [0.1, 0.15) is 20.3 Å². The monoisotopic (exact) mass is 316 g/mol. The topological polar surface area (TPSA) is 55.1 Å². The summed E-state index contributed by atoms with van der Waals surface area (Å²) in [5.41, 5.74) is 6.55. The molecular weight excluding hydrogens is 300 g/mol.